The van der Waals surface area contributed by atoms with Crippen LogP contribution in [-0.2, 0) is 23.9 Å². The zero-order valence-electron chi connectivity index (χ0n) is 14.4. The lowest BCUT2D eigenvalue weighted by Gasteiger charge is -2.08. The maximum absolute atomic E-state index is 11.8. The summed E-state index contributed by atoms with van der Waals surface area (Å²) in [4.78, 5) is 46.0. The number of carbonyl (C=O) groups excluding carboxylic acids is 4. The van der Waals surface area contributed by atoms with E-state index < -0.39 is 24.4 Å². The highest BCUT2D eigenvalue weighted by atomic mass is 79.9. The van der Waals surface area contributed by atoms with Crippen molar-refractivity contribution >= 4 is 39.7 Å². The molecule has 0 aromatic heterocycles. The van der Waals surface area contributed by atoms with Crippen molar-refractivity contribution in [2.45, 2.75) is 19.8 Å². The van der Waals surface area contributed by atoms with Crippen LogP contribution < -0.4 is 10.6 Å². The summed E-state index contributed by atoms with van der Waals surface area (Å²) in [5, 5.41) is 4.92. The van der Waals surface area contributed by atoms with E-state index in [0.29, 0.717) is 18.6 Å². The molecule has 0 spiro atoms. The van der Waals surface area contributed by atoms with Crippen molar-refractivity contribution in [3.63, 3.8) is 0 Å². The van der Waals surface area contributed by atoms with Crippen LogP contribution in [0.1, 0.15) is 30.1 Å². The van der Waals surface area contributed by atoms with Gasteiger partial charge in [-0.3, -0.25) is 19.2 Å². The minimum Gasteiger partial charge on any atom is -0.466 e. The molecule has 0 saturated heterocycles. The van der Waals surface area contributed by atoms with Crippen molar-refractivity contribution in [2.24, 2.45) is 0 Å². The maximum atomic E-state index is 11.8. The van der Waals surface area contributed by atoms with Gasteiger partial charge in [0.15, 0.2) is 6.61 Å². The first-order chi connectivity index (χ1) is 12.4. The molecule has 0 bridgehead atoms. The number of hydrogen-bond acceptors (Lipinski definition) is 6. The van der Waals surface area contributed by atoms with Gasteiger partial charge in [-0.1, -0.05) is 15.9 Å². The van der Waals surface area contributed by atoms with Gasteiger partial charge in [-0.25, -0.2) is 0 Å². The second kappa shape index (κ2) is 12.0. The molecular weight excluding hydrogens is 408 g/mol. The van der Waals surface area contributed by atoms with Gasteiger partial charge in [0, 0.05) is 23.0 Å². The van der Waals surface area contributed by atoms with E-state index in [1.54, 1.807) is 31.2 Å². The number of ether oxygens (including phenoxy) is 2. The molecule has 0 fully saturated rings. The first-order valence-electron chi connectivity index (χ1n) is 8.04. The number of esters is 2. The summed E-state index contributed by atoms with van der Waals surface area (Å²) < 4.78 is 10.4. The number of rotatable bonds is 10. The van der Waals surface area contributed by atoms with E-state index in [9.17, 15) is 19.2 Å². The summed E-state index contributed by atoms with van der Waals surface area (Å²) >= 11 is 3.26. The lowest BCUT2D eigenvalue weighted by molar-refractivity contribution is -0.147. The van der Waals surface area contributed by atoms with Gasteiger partial charge in [0.25, 0.3) is 11.8 Å². The largest absolute Gasteiger partial charge is 0.466 e. The highest BCUT2D eigenvalue weighted by Gasteiger charge is 2.11. The van der Waals surface area contributed by atoms with Gasteiger partial charge >= 0.3 is 11.9 Å². The predicted molar refractivity (Wildman–Crippen MR) is 96.3 cm³/mol. The number of nitrogens with one attached hydrogen (secondary N) is 2. The zero-order valence-corrected chi connectivity index (χ0v) is 16.0. The smallest absolute Gasteiger partial charge is 0.325 e. The Hall–Kier alpha value is -2.42. The number of halogens is 1. The van der Waals surface area contributed by atoms with Crippen LogP contribution in [0.4, 0.5) is 0 Å². The SMILES string of the molecule is CCOC(=O)CCCNC(=O)COC(=O)CNC(=O)c1ccc(Br)cc1. The summed E-state index contributed by atoms with van der Waals surface area (Å²) in [5.74, 6) is -1.95. The minimum absolute atomic E-state index is 0.204. The van der Waals surface area contributed by atoms with E-state index in [4.69, 9.17) is 9.47 Å². The fourth-order valence-corrected chi connectivity index (χ4v) is 2.06. The Labute approximate surface area is 159 Å². The molecule has 0 aliphatic rings. The Morgan fingerprint density at radius 1 is 1.00 bits per heavy atom. The summed E-state index contributed by atoms with van der Waals surface area (Å²) in [6, 6.07) is 6.63. The van der Waals surface area contributed by atoms with Crippen LogP contribution >= 0.6 is 15.9 Å². The molecule has 2 amide bonds. The molecule has 1 rings (SSSR count). The Morgan fingerprint density at radius 2 is 1.69 bits per heavy atom. The second-order valence-electron chi connectivity index (χ2n) is 5.11. The van der Waals surface area contributed by atoms with Crippen molar-refractivity contribution in [1.82, 2.24) is 10.6 Å². The lowest BCUT2D eigenvalue weighted by atomic mass is 10.2. The lowest BCUT2D eigenvalue weighted by Crippen LogP contribution is -2.34. The van der Waals surface area contributed by atoms with Crippen molar-refractivity contribution in [2.75, 3.05) is 26.3 Å². The normalized spacial score (nSPS) is 9.92. The van der Waals surface area contributed by atoms with Crippen LogP contribution in [-0.4, -0.2) is 50.1 Å². The summed E-state index contributed by atoms with van der Waals surface area (Å²) in [6.45, 7) is 1.52. The minimum atomic E-state index is -0.725. The standard InChI is InChI=1S/C17H21BrN2O6/c1-2-25-15(22)4-3-9-19-14(21)11-26-16(23)10-20-17(24)12-5-7-13(18)8-6-12/h5-8H,2-4,9-11H2,1H3,(H,19,21)(H,20,24). The molecule has 0 radical (unpaired) electrons. The Balaban J connectivity index is 2.15. The van der Waals surface area contributed by atoms with Crippen LogP contribution in [0.5, 0.6) is 0 Å². The maximum Gasteiger partial charge on any atom is 0.325 e. The van der Waals surface area contributed by atoms with Crippen LogP contribution in [0, 0.1) is 0 Å². The fourth-order valence-electron chi connectivity index (χ4n) is 1.80. The van der Waals surface area contributed by atoms with Gasteiger partial charge in [0.05, 0.1) is 6.61 Å². The molecule has 1 aromatic carbocycles. The van der Waals surface area contributed by atoms with Gasteiger partial charge in [0.2, 0.25) is 0 Å². The first-order valence-corrected chi connectivity index (χ1v) is 8.83. The number of amides is 2. The van der Waals surface area contributed by atoms with E-state index >= 15 is 0 Å². The van der Waals surface area contributed by atoms with Crippen molar-refractivity contribution in [1.29, 1.82) is 0 Å². The molecule has 1 aromatic rings. The summed E-state index contributed by atoms with van der Waals surface area (Å²) in [7, 11) is 0. The van der Waals surface area contributed by atoms with Gasteiger partial charge in [-0.2, -0.15) is 0 Å². The second-order valence-corrected chi connectivity index (χ2v) is 6.02. The van der Waals surface area contributed by atoms with Gasteiger partial charge < -0.3 is 20.1 Å². The van der Waals surface area contributed by atoms with E-state index in [0.717, 1.165) is 4.47 Å². The van der Waals surface area contributed by atoms with E-state index in [1.807, 2.05) is 0 Å². The Kier molecular flexibility index (Phi) is 9.99. The van der Waals surface area contributed by atoms with Crippen LogP contribution in [0.3, 0.4) is 0 Å². The molecule has 0 aliphatic carbocycles. The number of carbonyl (C=O) groups is 4. The first kappa shape index (κ1) is 21.6. The van der Waals surface area contributed by atoms with Crippen LogP contribution in [0.15, 0.2) is 28.7 Å². The molecule has 0 atom stereocenters. The third-order valence-electron chi connectivity index (χ3n) is 3.05. The van der Waals surface area contributed by atoms with Crippen LogP contribution in [0.25, 0.3) is 0 Å². The fraction of sp³-hybridized carbons (Fsp3) is 0.412. The number of benzene rings is 1. The van der Waals surface area contributed by atoms with E-state index in [2.05, 4.69) is 26.6 Å². The third-order valence-corrected chi connectivity index (χ3v) is 3.58. The predicted octanol–water partition coefficient (Wildman–Crippen LogP) is 1.18. The molecule has 142 valence electrons. The molecule has 0 unspecified atom stereocenters. The van der Waals surface area contributed by atoms with Crippen molar-refractivity contribution < 1.29 is 28.7 Å². The topological polar surface area (TPSA) is 111 Å². The van der Waals surface area contributed by atoms with Crippen molar-refractivity contribution in [3.8, 4) is 0 Å². The van der Waals surface area contributed by atoms with E-state index in [1.165, 1.54) is 0 Å². The highest BCUT2D eigenvalue weighted by Crippen LogP contribution is 2.10. The summed E-state index contributed by atoms with van der Waals surface area (Å²) in [6.07, 6.45) is 0.637. The van der Waals surface area contributed by atoms with Crippen LogP contribution in [0.2, 0.25) is 0 Å². The Bertz CT molecular complexity index is 633. The quantitative estimate of drug-likeness (QED) is 0.427. The zero-order chi connectivity index (χ0) is 19.4. The molecule has 26 heavy (non-hydrogen) atoms. The van der Waals surface area contributed by atoms with E-state index in [-0.39, 0.29) is 25.5 Å². The van der Waals surface area contributed by atoms with Crippen molar-refractivity contribution in [3.05, 3.63) is 34.3 Å². The molecule has 0 aliphatic heterocycles. The molecule has 9 heteroatoms. The van der Waals surface area contributed by atoms with Gasteiger partial charge in [0.1, 0.15) is 6.54 Å². The molecular formula is C17H21BrN2O6. The molecule has 0 saturated carbocycles. The monoisotopic (exact) mass is 428 g/mol. The molecule has 0 heterocycles. The number of hydrogen-bond donors (Lipinski definition) is 2. The Morgan fingerprint density at radius 3 is 2.35 bits per heavy atom. The highest BCUT2D eigenvalue weighted by molar-refractivity contribution is 9.10. The average Bonchev–Trinajstić information content (AvgIpc) is 2.62. The van der Waals surface area contributed by atoms with Gasteiger partial charge in [-0.05, 0) is 37.6 Å². The molecule has 2 N–H and O–H groups in total. The summed E-state index contributed by atoms with van der Waals surface area (Å²) in [5.41, 5.74) is 0.403. The third kappa shape index (κ3) is 9.16. The van der Waals surface area contributed by atoms with Gasteiger partial charge in [-0.15, -0.1) is 0 Å². The average molecular weight is 429 g/mol. The molecule has 8 nitrogen and oxygen atoms in total.